The predicted octanol–water partition coefficient (Wildman–Crippen LogP) is 12.2. The monoisotopic (exact) mass is 577 g/mol. The van der Waals surface area contributed by atoms with Gasteiger partial charge in [-0.2, -0.15) is 0 Å². The maximum Gasteiger partial charge on any atom is 0.0541 e. The lowest BCUT2D eigenvalue weighted by Gasteiger charge is -2.13. The summed E-state index contributed by atoms with van der Waals surface area (Å²) in [5, 5.41) is 5.17. The summed E-state index contributed by atoms with van der Waals surface area (Å²) in [4.78, 5) is 0. The molecule has 206 valence electrons. The number of fused-ring (bicyclic) bond motifs is 6. The molecule has 9 rings (SSSR count). The van der Waals surface area contributed by atoms with Crippen LogP contribution in [0.2, 0.25) is 0 Å². The number of aromatic nitrogens is 1. The minimum Gasteiger partial charge on any atom is -0.309 e. The molecule has 9 aromatic rings. The van der Waals surface area contributed by atoms with Crippen LogP contribution in [0.5, 0.6) is 0 Å². The number of thiophene rings is 1. The molecule has 1 nitrogen and oxygen atoms in total. The Bertz CT molecular complexity index is 2430. The first-order valence-corrected chi connectivity index (χ1v) is 15.8. The van der Waals surface area contributed by atoms with E-state index in [0.717, 1.165) is 0 Å². The maximum absolute atomic E-state index is 2.44. The molecule has 0 spiro atoms. The average molecular weight is 578 g/mol. The molecule has 2 heteroatoms. The van der Waals surface area contributed by atoms with E-state index < -0.39 is 0 Å². The first kappa shape index (κ1) is 25.1. The van der Waals surface area contributed by atoms with Crippen molar-refractivity contribution in [2.75, 3.05) is 0 Å². The van der Waals surface area contributed by atoms with Gasteiger partial charge in [0.15, 0.2) is 0 Å². The Hall–Kier alpha value is -5.44. The standard InChI is InChI=1S/C42H27NS/c1-2-11-28(12-3-1)29-21-23-30(24-22-29)31-13-10-14-32(25-31)37-26-33(27-38-36-17-6-9-20-41(36)44-42(37)38)43-39-18-7-4-15-34(39)35-16-5-8-19-40(35)43/h1-27H. The second-order valence-corrected chi connectivity index (χ2v) is 12.4. The summed E-state index contributed by atoms with van der Waals surface area (Å²) < 4.78 is 5.08. The lowest BCUT2D eigenvalue weighted by Crippen LogP contribution is -1.95. The van der Waals surface area contributed by atoms with Gasteiger partial charge in [-0.1, -0.05) is 127 Å². The van der Waals surface area contributed by atoms with Crippen LogP contribution in [-0.2, 0) is 0 Å². The second-order valence-electron chi connectivity index (χ2n) is 11.4. The molecule has 0 fully saturated rings. The molecule has 7 aromatic carbocycles. The lowest BCUT2D eigenvalue weighted by atomic mass is 9.96. The summed E-state index contributed by atoms with van der Waals surface area (Å²) in [5.41, 5.74) is 11.1. The highest BCUT2D eigenvalue weighted by Gasteiger charge is 2.17. The van der Waals surface area contributed by atoms with Gasteiger partial charge in [0.05, 0.1) is 11.0 Å². The van der Waals surface area contributed by atoms with Crippen LogP contribution in [0.3, 0.4) is 0 Å². The van der Waals surface area contributed by atoms with Crippen molar-refractivity contribution in [3.05, 3.63) is 164 Å². The Labute approximate surface area is 259 Å². The van der Waals surface area contributed by atoms with Gasteiger partial charge in [-0.3, -0.25) is 0 Å². The SMILES string of the molecule is c1ccc(-c2ccc(-c3cccc(-c4cc(-n5c6ccccc6c6ccccc65)cc5c4sc4ccccc45)c3)cc2)cc1. The van der Waals surface area contributed by atoms with Gasteiger partial charge >= 0.3 is 0 Å². The molecule has 0 aliphatic rings. The van der Waals surface area contributed by atoms with Crippen molar-refractivity contribution in [1.82, 2.24) is 4.57 Å². The van der Waals surface area contributed by atoms with E-state index in [-0.39, 0.29) is 0 Å². The van der Waals surface area contributed by atoms with E-state index in [0.29, 0.717) is 0 Å². The smallest absolute Gasteiger partial charge is 0.0541 e. The molecule has 0 bridgehead atoms. The molecular formula is C42H27NS. The predicted molar refractivity (Wildman–Crippen MR) is 190 cm³/mol. The van der Waals surface area contributed by atoms with Crippen LogP contribution in [0.1, 0.15) is 0 Å². The molecule has 2 aromatic heterocycles. The van der Waals surface area contributed by atoms with E-state index in [1.165, 1.54) is 81.0 Å². The van der Waals surface area contributed by atoms with Gasteiger partial charge in [0.2, 0.25) is 0 Å². The number of para-hydroxylation sites is 2. The second kappa shape index (κ2) is 10.1. The van der Waals surface area contributed by atoms with Gasteiger partial charge in [0, 0.05) is 42.2 Å². The molecule has 2 heterocycles. The molecule has 0 N–H and O–H groups in total. The summed E-state index contributed by atoms with van der Waals surface area (Å²) in [5.74, 6) is 0. The van der Waals surface area contributed by atoms with Crippen molar-refractivity contribution in [3.8, 4) is 39.1 Å². The van der Waals surface area contributed by atoms with Crippen molar-refractivity contribution >= 4 is 53.3 Å². The highest BCUT2D eigenvalue weighted by molar-refractivity contribution is 7.26. The fourth-order valence-electron chi connectivity index (χ4n) is 6.71. The lowest BCUT2D eigenvalue weighted by molar-refractivity contribution is 1.19. The Morgan fingerprint density at radius 3 is 1.64 bits per heavy atom. The van der Waals surface area contributed by atoms with Crippen LogP contribution >= 0.6 is 11.3 Å². The molecule has 0 saturated heterocycles. The number of hydrogen-bond acceptors (Lipinski definition) is 1. The third-order valence-corrected chi connectivity index (χ3v) is 10.0. The van der Waals surface area contributed by atoms with Crippen molar-refractivity contribution in [1.29, 1.82) is 0 Å². The van der Waals surface area contributed by atoms with Crippen LogP contribution in [0.25, 0.3) is 81.0 Å². The average Bonchev–Trinajstić information content (AvgIpc) is 3.64. The van der Waals surface area contributed by atoms with Crippen molar-refractivity contribution < 1.29 is 0 Å². The number of hydrogen-bond donors (Lipinski definition) is 0. The molecule has 0 aliphatic heterocycles. The summed E-state index contributed by atoms with van der Waals surface area (Å²) in [6, 6.07) is 59.6. The molecule has 0 saturated carbocycles. The van der Waals surface area contributed by atoms with Gasteiger partial charge in [-0.15, -0.1) is 11.3 Å². The third kappa shape index (κ3) is 4.00. The van der Waals surface area contributed by atoms with E-state index in [1.807, 2.05) is 11.3 Å². The summed E-state index contributed by atoms with van der Waals surface area (Å²) in [6.07, 6.45) is 0. The van der Waals surface area contributed by atoms with Gasteiger partial charge < -0.3 is 4.57 Å². The zero-order chi connectivity index (χ0) is 29.0. The van der Waals surface area contributed by atoms with E-state index in [9.17, 15) is 0 Å². The Morgan fingerprint density at radius 1 is 0.364 bits per heavy atom. The Balaban J connectivity index is 1.26. The van der Waals surface area contributed by atoms with Gasteiger partial charge in [-0.25, -0.2) is 0 Å². The van der Waals surface area contributed by atoms with Crippen molar-refractivity contribution in [3.63, 3.8) is 0 Å². The number of rotatable bonds is 4. The zero-order valence-corrected chi connectivity index (χ0v) is 24.8. The van der Waals surface area contributed by atoms with Crippen LogP contribution in [0, 0.1) is 0 Å². The summed E-state index contributed by atoms with van der Waals surface area (Å²) in [7, 11) is 0. The highest BCUT2D eigenvalue weighted by atomic mass is 32.1. The molecule has 0 unspecified atom stereocenters. The molecule has 0 aliphatic carbocycles. The van der Waals surface area contributed by atoms with Gasteiger partial charge in [0.25, 0.3) is 0 Å². The molecule has 44 heavy (non-hydrogen) atoms. The van der Waals surface area contributed by atoms with E-state index in [2.05, 4.69) is 168 Å². The topological polar surface area (TPSA) is 4.93 Å². The summed E-state index contributed by atoms with van der Waals surface area (Å²) >= 11 is 1.89. The van der Waals surface area contributed by atoms with E-state index >= 15 is 0 Å². The molecular weight excluding hydrogens is 551 g/mol. The van der Waals surface area contributed by atoms with Crippen molar-refractivity contribution in [2.45, 2.75) is 0 Å². The third-order valence-electron chi connectivity index (χ3n) is 8.80. The van der Waals surface area contributed by atoms with E-state index in [4.69, 9.17) is 0 Å². The highest BCUT2D eigenvalue weighted by Crippen LogP contribution is 2.43. The maximum atomic E-state index is 2.44. The van der Waals surface area contributed by atoms with Crippen LogP contribution in [0.4, 0.5) is 0 Å². The van der Waals surface area contributed by atoms with Crippen LogP contribution in [0.15, 0.2) is 164 Å². The van der Waals surface area contributed by atoms with Gasteiger partial charge in [-0.05, 0) is 64.2 Å². The number of benzene rings is 7. The summed E-state index contributed by atoms with van der Waals surface area (Å²) in [6.45, 7) is 0. The Kier molecular flexibility index (Phi) is 5.75. The fraction of sp³-hybridized carbons (Fsp3) is 0. The largest absolute Gasteiger partial charge is 0.309 e. The van der Waals surface area contributed by atoms with Crippen LogP contribution < -0.4 is 0 Å². The fourth-order valence-corrected chi connectivity index (χ4v) is 7.93. The van der Waals surface area contributed by atoms with Crippen molar-refractivity contribution in [2.24, 2.45) is 0 Å². The molecule has 0 radical (unpaired) electrons. The molecule has 0 amide bonds. The first-order chi connectivity index (χ1) is 21.8. The normalized spacial score (nSPS) is 11.6. The quantitative estimate of drug-likeness (QED) is 0.196. The minimum absolute atomic E-state index is 1.19. The number of nitrogens with zero attached hydrogens (tertiary/aromatic N) is 1. The Morgan fingerprint density at radius 2 is 0.909 bits per heavy atom. The van der Waals surface area contributed by atoms with E-state index in [1.54, 1.807) is 0 Å². The van der Waals surface area contributed by atoms with Crippen LogP contribution in [-0.4, -0.2) is 4.57 Å². The first-order valence-electron chi connectivity index (χ1n) is 15.0. The molecule has 0 atom stereocenters. The zero-order valence-electron chi connectivity index (χ0n) is 23.9. The minimum atomic E-state index is 1.19. The van der Waals surface area contributed by atoms with Gasteiger partial charge in [0.1, 0.15) is 0 Å².